The van der Waals surface area contributed by atoms with Gasteiger partial charge in [-0.15, -0.1) is 11.3 Å². The summed E-state index contributed by atoms with van der Waals surface area (Å²) in [5.41, 5.74) is 1.43. The van der Waals surface area contributed by atoms with E-state index in [0.29, 0.717) is 5.56 Å². The van der Waals surface area contributed by atoms with Gasteiger partial charge < -0.3 is 10.2 Å². The molecule has 0 atom stereocenters. The fourth-order valence-corrected chi connectivity index (χ4v) is 3.41. The third-order valence-corrected chi connectivity index (χ3v) is 4.80. The SMILES string of the molecule is [Be+2].[O-]c1ccccc1-c1[nH+]ccs1.[O-]c1ccccc1-c1nccs1. The number of hydrogen-bond acceptors (Lipinski definition) is 5. The van der Waals surface area contributed by atoms with E-state index in [9.17, 15) is 10.2 Å². The van der Waals surface area contributed by atoms with Gasteiger partial charge in [-0.05, 0) is 6.07 Å². The van der Waals surface area contributed by atoms with Crippen LogP contribution in [0.1, 0.15) is 0 Å². The molecule has 7 heteroatoms. The van der Waals surface area contributed by atoms with Crippen LogP contribution in [0, 0.1) is 0 Å². The number of rotatable bonds is 2. The Bertz CT molecular complexity index is 821. The molecule has 2 aromatic carbocycles. The van der Waals surface area contributed by atoms with E-state index in [1.807, 2.05) is 35.2 Å². The van der Waals surface area contributed by atoms with Crippen molar-refractivity contribution < 1.29 is 15.2 Å². The standard InChI is InChI=1S/2C9H7NOS.Be/c2*11-8-4-2-1-3-7(8)9-10-5-6-12-9;/h2*1-6,11H;/q;;+2/p-1. The van der Waals surface area contributed by atoms with E-state index < -0.39 is 0 Å². The van der Waals surface area contributed by atoms with Gasteiger partial charge in [-0.2, -0.15) is 0 Å². The molecule has 4 rings (SSSR count). The van der Waals surface area contributed by atoms with E-state index in [1.165, 1.54) is 22.7 Å². The molecule has 0 aliphatic rings. The number of aromatic amines is 1. The molecule has 0 saturated carbocycles. The average molecular weight is 362 g/mol. The fourth-order valence-electron chi connectivity index (χ4n) is 2.04. The van der Waals surface area contributed by atoms with Gasteiger partial charge in [-0.25, -0.2) is 9.97 Å². The monoisotopic (exact) mass is 362 g/mol. The zero-order valence-electron chi connectivity index (χ0n) is 13.2. The summed E-state index contributed by atoms with van der Waals surface area (Å²) < 4.78 is 0. The molecule has 4 aromatic rings. The van der Waals surface area contributed by atoms with Gasteiger partial charge in [-0.1, -0.05) is 65.3 Å². The summed E-state index contributed by atoms with van der Waals surface area (Å²) >= 11 is 3.01. The van der Waals surface area contributed by atoms with Crippen LogP contribution < -0.4 is 15.2 Å². The molecule has 25 heavy (non-hydrogen) atoms. The normalized spacial score (nSPS) is 9.60. The van der Waals surface area contributed by atoms with E-state index in [-0.39, 0.29) is 21.6 Å². The van der Waals surface area contributed by atoms with Crippen molar-refractivity contribution >= 4 is 32.8 Å². The number of thiazole rings is 2. The van der Waals surface area contributed by atoms with Crippen molar-refractivity contribution in [2.75, 3.05) is 0 Å². The Balaban J connectivity index is 0.000000173. The second-order valence-electron chi connectivity index (χ2n) is 4.72. The van der Waals surface area contributed by atoms with E-state index in [2.05, 4.69) is 9.97 Å². The van der Waals surface area contributed by atoms with Crippen molar-refractivity contribution in [3.8, 4) is 32.6 Å². The van der Waals surface area contributed by atoms with Crippen molar-refractivity contribution in [1.82, 2.24) is 4.98 Å². The second kappa shape index (κ2) is 9.08. The number of aromatic nitrogens is 2. The van der Waals surface area contributed by atoms with Gasteiger partial charge in [0.15, 0.2) is 6.20 Å². The van der Waals surface area contributed by atoms with Gasteiger partial charge >= 0.3 is 10.1 Å². The number of benzene rings is 2. The first kappa shape index (κ1) is 18.8. The topological polar surface area (TPSA) is 73.2 Å². The van der Waals surface area contributed by atoms with Gasteiger partial charge in [0.1, 0.15) is 5.01 Å². The predicted octanol–water partition coefficient (Wildman–Crippen LogP) is 2.81. The van der Waals surface area contributed by atoms with Gasteiger partial charge in [0.05, 0.1) is 5.38 Å². The van der Waals surface area contributed by atoms with Crippen LogP contribution in [0.3, 0.4) is 0 Å². The van der Waals surface area contributed by atoms with Crippen molar-refractivity contribution in [3.05, 3.63) is 71.7 Å². The zero-order chi connectivity index (χ0) is 16.8. The molecule has 2 heterocycles. The summed E-state index contributed by atoms with van der Waals surface area (Å²) in [7, 11) is 0. The molecular formula is C18H13BeN2O2S2+. The molecule has 0 fully saturated rings. The van der Waals surface area contributed by atoms with Crippen LogP contribution in [-0.4, -0.2) is 15.1 Å². The van der Waals surface area contributed by atoms with Gasteiger partial charge in [0.25, 0.3) is 5.01 Å². The second-order valence-corrected chi connectivity index (χ2v) is 6.53. The minimum atomic E-state index is 0. The molecule has 0 aliphatic heterocycles. The molecule has 0 radical (unpaired) electrons. The van der Waals surface area contributed by atoms with Crippen molar-refractivity contribution in [3.63, 3.8) is 0 Å². The number of nitrogens with one attached hydrogen (secondary N) is 1. The molecule has 0 bridgehead atoms. The molecule has 0 aliphatic carbocycles. The molecule has 4 nitrogen and oxygen atoms in total. The fraction of sp³-hybridized carbons (Fsp3) is 0. The maximum Gasteiger partial charge on any atom is 2.00 e. The van der Waals surface area contributed by atoms with E-state index in [4.69, 9.17) is 0 Å². The minimum absolute atomic E-state index is 0. The molecular weight excluding hydrogens is 349 g/mol. The first-order chi connectivity index (χ1) is 11.8. The van der Waals surface area contributed by atoms with E-state index in [0.717, 1.165) is 15.6 Å². The van der Waals surface area contributed by atoms with E-state index >= 15 is 0 Å². The summed E-state index contributed by atoms with van der Waals surface area (Å²) in [5.74, 6) is 0.101. The summed E-state index contributed by atoms with van der Waals surface area (Å²) in [6, 6.07) is 13.9. The summed E-state index contributed by atoms with van der Waals surface area (Å²) in [5, 5.41) is 28.1. The van der Waals surface area contributed by atoms with E-state index in [1.54, 1.807) is 36.5 Å². The molecule has 0 saturated heterocycles. The molecule has 2 aromatic heterocycles. The Labute approximate surface area is 157 Å². The molecule has 0 spiro atoms. The molecule has 0 unspecified atom stereocenters. The Kier molecular flexibility index (Phi) is 6.83. The number of hydrogen-bond donors (Lipinski definition) is 0. The Hall–Kier alpha value is -2.53. The van der Waals surface area contributed by atoms with Crippen LogP contribution >= 0.6 is 22.7 Å². The van der Waals surface area contributed by atoms with Crippen LogP contribution in [0.5, 0.6) is 11.5 Å². The van der Waals surface area contributed by atoms with Crippen LogP contribution in [0.15, 0.2) is 71.7 Å². The summed E-state index contributed by atoms with van der Waals surface area (Å²) in [4.78, 5) is 7.08. The van der Waals surface area contributed by atoms with Gasteiger partial charge in [-0.3, -0.25) is 0 Å². The molecule has 0 amide bonds. The van der Waals surface area contributed by atoms with Crippen molar-refractivity contribution in [2.24, 2.45) is 0 Å². The number of para-hydroxylation sites is 2. The first-order valence-corrected chi connectivity index (χ1v) is 8.89. The van der Waals surface area contributed by atoms with Gasteiger partial charge in [0.2, 0.25) is 0 Å². The largest absolute Gasteiger partial charge is 2.00 e. The smallest absolute Gasteiger partial charge is 0.872 e. The first-order valence-electron chi connectivity index (χ1n) is 7.13. The van der Waals surface area contributed by atoms with Crippen molar-refractivity contribution in [2.45, 2.75) is 0 Å². The Morgan fingerprint density at radius 3 is 1.96 bits per heavy atom. The third kappa shape index (κ3) is 4.73. The maximum atomic E-state index is 11.3. The minimum Gasteiger partial charge on any atom is -0.872 e. The van der Waals surface area contributed by atoms with Crippen molar-refractivity contribution in [1.29, 1.82) is 0 Å². The Morgan fingerprint density at radius 2 is 1.44 bits per heavy atom. The van der Waals surface area contributed by atoms with Crippen LogP contribution in [0.25, 0.3) is 21.1 Å². The quantitative estimate of drug-likeness (QED) is 0.515. The maximum absolute atomic E-state index is 11.3. The summed E-state index contributed by atoms with van der Waals surface area (Å²) in [6.45, 7) is 0. The van der Waals surface area contributed by atoms with Crippen LogP contribution in [-0.2, 0) is 0 Å². The predicted molar refractivity (Wildman–Crippen MR) is 98.5 cm³/mol. The van der Waals surface area contributed by atoms with Gasteiger partial charge in [0, 0.05) is 22.7 Å². The third-order valence-electron chi connectivity index (χ3n) is 3.15. The van der Waals surface area contributed by atoms with Crippen LogP contribution in [0.4, 0.5) is 0 Å². The Morgan fingerprint density at radius 1 is 0.800 bits per heavy atom. The molecule has 1 N–H and O–H groups in total. The average Bonchev–Trinajstić information content (AvgIpc) is 3.30. The number of H-pyrrole nitrogens is 1. The van der Waals surface area contributed by atoms with Crippen LogP contribution in [0.2, 0.25) is 0 Å². The molecule has 120 valence electrons. The zero-order valence-corrected chi connectivity index (χ0v) is 14.8. The number of nitrogens with zero attached hydrogens (tertiary/aromatic N) is 1. The summed E-state index contributed by atoms with van der Waals surface area (Å²) in [6.07, 6.45) is 3.53.